The van der Waals surface area contributed by atoms with Gasteiger partial charge in [-0.05, 0) is 65.6 Å². The number of nitrogens with one attached hydrogen (secondary N) is 1. The molecule has 2 N–H and O–H groups in total. The van der Waals surface area contributed by atoms with Gasteiger partial charge >= 0.3 is 0 Å². The highest BCUT2D eigenvalue weighted by molar-refractivity contribution is 9.10. The summed E-state index contributed by atoms with van der Waals surface area (Å²) in [7, 11) is 0. The third-order valence-electron chi connectivity index (χ3n) is 5.78. The van der Waals surface area contributed by atoms with Crippen LogP contribution < -0.4 is 5.32 Å². The van der Waals surface area contributed by atoms with Gasteiger partial charge in [-0.1, -0.05) is 76.6 Å². The first-order valence-corrected chi connectivity index (χ1v) is 10.7. The normalized spacial score (nSPS) is 18.6. The van der Waals surface area contributed by atoms with Crippen molar-refractivity contribution in [1.82, 2.24) is 5.32 Å². The smallest absolute Gasteiger partial charge is 0.0616 e. The molecule has 1 aliphatic rings. The van der Waals surface area contributed by atoms with Crippen LogP contribution in [0.15, 0.2) is 77.3 Å². The van der Waals surface area contributed by atoms with E-state index in [0.717, 1.165) is 36.7 Å². The minimum Gasteiger partial charge on any atom is -0.394 e. The molecule has 28 heavy (non-hydrogen) atoms. The number of fused-ring (bicyclic) bond motifs is 1. The van der Waals surface area contributed by atoms with Gasteiger partial charge in [-0.2, -0.15) is 0 Å². The van der Waals surface area contributed by atoms with Crippen molar-refractivity contribution in [2.24, 2.45) is 0 Å². The van der Waals surface area contributed by atoms with Gasteiger partial charge in [-0.25, -0.2) is 0 Å². The van der Waals surface area contributed by atoms with Gasteiger partial charge in [-0.15, -0.1) is 0 Å². The number of hydrogen-bond acceptors (Lipinski definition) is 2. The van der Waals surface area contributed by atoms with E-state index >= 15 is 0 Å². The summed E-state index contributed by atoms with van der Waals surface area (Å²) in [6.07, 6.45) is 3.77. The monoisotopic (exact) mass is 435 g/mol. The van der Waals surface area contributed by atoms with Gasteiger partial charge in [0.15, 0.2) is 0 Å². The van der Waals surface area contributed by atoms with E-state index in [9.17, 15) is 5.11 Å². The first-order valence-electron chi connectivity index (χ1n) is 9.91. The Morgan fingerprint density at radius 1 is 0.857 bits per heavy atom. The SMILES string of the molecule is OCC1(NCc2cccc(Cc3ccccc3)c2)CCc2cc(Br)ccc2C1. The highest BCUT2D eigenvalue weighted by atomic mass is 79.9. The lowest BCUT2D eigenvalue weighted by molar-refractivity contribution is 0.143. The third-order valence-corrected chi connectivity index (χ3v) is 6.28. The molecule has 1 aliphatic carbocycles. The van der Waals surface area contributed by atoms with Crippen LogP contribution in [0, 0.1) is 0 Å². The molecule has 1 atom stereocenters. The zero-order valence-electron chi connectivity index (χ0n) is 16.0. The molecule has 0 bridgehead atoms. The topological polar surface area (TPSA) is 32.3 Å². The first kappa shape index (κ1) is 19.4. The largest absolute Gasteiger partial charge is 0.394 e. The summed E-state index contributed by atoms with van der Waals surface area (Å²) in [5.41, 5.74) is 6.41. The molecule has 0 amide bonds. The first-order chi connectivity index (χ1) is 13.7. The summed E-state index contributed by atoms with van der Waals surface area (Å²) < 4.78 is 1.13. The number of aryl methyl sites for hydroxylation is 1. The van der Waals surface area contributed by atoms with Crippen LogP contribution in [-0.4, -0.2) is 17.3 Å². The average molecular weight is 436 g/mol. The van der Waals surface area contributed by atoms with Crippen LogP contribution in [0.2, 0.25) is 0 Å². The van der Waals surface area contributed by atoms with Crippen molar-refractivity contribution >= 4 is 15.9 Å². The Labute approximate surface area is 175 Å². The Morgan fingerprint density at radius 2 is 1.64 bits per heavy atom. The zero-order chi connectivity index (χ0) is 19.4. The van der Waals surface area contributed by atoms with Crippen LogP contribution >= 0.6 is 15.9 Å². The average Bonchev–Trinajstić information content (AvgIpc) is 2.73. The van der Waals surface area contributed by atoms with Gasteiger partial charge in [0.05, 0.1) is 6.61 Å². The second-order valence-corrected chi connectivity index (χ2v) is 8.78. The molecule has 0 saturated carbocycles. The van der Waals surface area contributed by atoms with E-state index in [1.165, 1.54) is 27.8 Å². The number of benzene rings is 3. The van der Waals surface area contributed by atoms with Gasteiger partial charge in [0.25, 0.3) is 0 Å². The molecule has 1 unspecified atom stereocenters. The summed E-state index contributed by atoms with van der Waals surface area (Å²) in [5, 5.41) is 13.9. The van der Waals surface area contributed by atoms with E-state index in [0.29, 0.717) is 0 Å². The van der Waals surface area contributed by atoms with Crippen molar-refractivity contribution in [3.8, 4) is 0 Å². The van der Waals surface area contributed by atoms with E-state index < -0.39 is 0 Å². The minimum absolute atomic E-state index is 0.159. The molecule has 0 heterocycles. The third kappa shape index (κ3) is 4.54. The summed E-state index contributed by atoms with van der Waals surface area (Å²) >= 11 is 3.56. The lowest BCUT2D eigenvalue weighted by atomic mass is 9.78. The van der Waals surface area contributed by atoms with Crippen LogP contribution in [0.1, 0.15) is 34.2 Å². The quantitative estimate of drug-likeness (QED) is 0.567. The molecule has 2 nitrogen and oxygen atoms in total. The van der Waals surface area contributed by atoms with Crippen LogP contribution in [0.4, 0.5) is 0 Å². The fourth-order valence-electron chi connectivity index (χ4n) is 4.14. The van der Waals surface area contributed by atoms with Crippen LogP contribution in [0.25, 0.3) is 0 Å². The van der Waals surface area contributed by atoms with Crippen LogP contribution in [0.3, 0.4) is 0 Å². The highest BCUT2D eigenvalue weighted by Gasteiger charge is 2.33. The van der Waals surface area contributed by atoms with Crippen molar-refractivity contribution < 1.29 is 5.11 Å². The van der Waals surface area contributed by atoms with Crippen molar-refractivity contribution in [3.63, 3.8) is 0 Å². The summed E-state index contributed by atoms with van der Waals surface area (Å²) in [6, 6.07) is 25.8. The number of halogens is 1. The molecule has 3 heteroatoms. The highest BCUT2D eigenvalue weighted by Crippen LogP contribution is 2.31. The Hall–Kier alpha value is -1.94. The summed E-state index contributed by atoms with van der Waals surface area (Å²) in [5.74, 6) is 0. The van der Waals surface area contributed by atoms with Gasteiger partial charge in [0.1, 0.15) is 0 Å². The molecule has 0 saturated heterocycles. The van der Waals surface area contributed by atoms with E-state index in [1.807, 2.05) is 0 Å². The van der Waals surface area contributed by atoms with E-state index in [2.05, 4.69) is 94.0 Å². The second kappa shape index (κ2) is 8.60. The molecule has 0 fully saturated rings. The zero-order valence-corrected chi connectivity index (χ0v) is 17.6. The Morgan fingerprint density at radius 3 is 2.46 bits per heavy atom. The standard InChI is InChI=1S/C25H26BrNO/c26-24-10-9-23-16-25(18-28,12-11-22(23)15-24)27-17-21-8-4-7-20(14-21)13-19-5-2-1-3-6-19/h1-10,14-15,27-28H,11-13,16-18H2. The van der Waals surface area contributed by atoms with Crippen molar-refractivity contribution in [2.45, 2.75) is 37.8 Å². The van der Waals surface area contributed by atoms with Crippen molar-refractivity contribution in [1.29, 1.82) is 0 Å². The van der Waals surface area contributed by atoms with Crippen LogP contribution in [0.5, 0.6) is 0 Å². The molecule has 3 aromatic carbocycles. The maximum absolute atomic E-state index is 10.2. The van der Waals surface area contributed by atoms with E-state index in [4.69, 9.17) is 0 Å². The fourth-order valence-corrected chi connectivity index (χ4v) is 4.55. The molecule has 4 rings (SSSR count). The van der Waals surface area contributed by atoms with Gasteiger partial charge < -0.3 is 10.4 Å². The lowest BCUT2D eigenvalue weighted by Gasteiger charge is -2.38. The van der Waals surface area contributed by atoms with Gasteiger partial charge in [0, 0.05) is 16.6 Å². The Bertz CT molecular complexity index is 940. The Kier molecular flexibility index (Phi) is 5.96. The molecular formula is C25H26BrNO. The molecule has 0 aromatic heterocycles. The van der Waals surface area contributed by atoms with Gasteiger partial charge in [0.2, 0.25) is 0 Å². The summed E-state index contributed by atoms with van der Waals surface area (Å²) in [4.78, 5) is 0. The molecule has 3 aromatic rings. The summed E-state index contributed by atoms with van der Waals surface area (Å²) in [6.45, 7) is 0.932. The predicted molar refractivity (Wildman–Crippen MR) is 119 cm³/mol. The number of hydrogen-bond donors (Lipinski definition) is 2. The van der Waals surface area contributed by atoms with Crippen molar-refractivity contribution in [2.75, 3.05) is 6.61 Å². The Balaban J connectivity index is 1.44. The van der Waals surface area contributed by atoms with Crippen molar-refractivity contribution in [3.05, 3.63) is 105 Å². The van der Waals surface area contributed by atoms with Crippen LogP contribution in [-0.2, 0) is 25.8 Å². The van der Waals surface area contributed by atoms with E-state index in [1.54, 1.807) is 0 Å². The number of aliphatic hydroxyl groups is 1. The molecule has 0 spiro atoms. The minimum atomic E-state index is -0.240. The molecule has 0 aliphatic heterocycles. The molecular weight excluding hydrogens is 410 g/mol. The maximum Gasteiger partial charge on any atom is 0.0616 e. The number of rotatable bonds is 6. The number of aliphatic hydroxyl groups excluding tert-OH is 1. The fraction of sp³-hybridized carbons (Fsp3) is 0.280. The molecule has 144 valence electrons. The molecule has 0 radical (unpaired) electrons. The van der Waals surface area contributed by atoms with Gasteiger partial charge in [-0.3, -0.25) is 0 Å². The lowest BCUT2D eigenvalue weighted by Crippen LogP contribution is -2.52. The maximum atomic E-state index is 10.2. The predicted octanol–water partition coefficient (Wildman–Crippen LogP) is 5.05. The van der Waals surface area contributed by atoms with E-state index in [-0.39, 0.29) is 12.1 Å². The second-order valence-electron chi connectivity index (χ2n) is 7.86.